The van der Waals surface area contributed by atoms with Crippen LogP contribution in [0.5, 0.6) is 0 Å². The van der Waals surface area contributed by atoms with Crippen LogP contribution >= 0.6 is 0 Å². The monoisotopic (exact) mass is 588 g/mol. The maximum atomic E-state index is 13.4. The maximum Gasteiger partial charge on any atom is 0.423 e. The van der Waals surface area contributed by atoms with E-state index in [4.69, 9.17) is 4.74 Å². The average molecular weight is 589 g/mol. The van der Waals surface area contributed by atoms with Crippen molar-refractivity contribution in [1.29, 1.82) is 0 Å². The molecule has 5 rings (SSSR count). The number of carbonyl (C=O) groups excluding carboxylic acids is 1. The number of nitro benzene ring substituents is 1. The summed E-state index contributed by atoms with van der Waals surface area (Å²) in [6.07, 6.45) is -2.37. The van der Waals surface area contributed by atoms with Gasteiger partial charge in [-0.05, 0) is 72.4 Å². The van der Waals surface area contributed by atoms with Gasteiger partial charge in [0.2, 0.25) is 5.91 Å². The first kappa shape index (κ1) is 29.7. The van der Waals surface area contributed by atoms with Crippen LogP contribution < -0.4 is 5.32 Å². The maximum absolute atomic E-state index is 13.4. The molecule has 0 unspecified atom stereocenters. The summed E-state index contributed by atoms with van der Waals surface area (Å²) < 4.78 is 59.2. The summed E-state index contributed by atoms with van der Waals surface area (Å²) in [4.78, 5) is 26.8. The van der Waals surface area contributed by atoms with E-state index in [1.165, 1.54) is 18.2 Å². The van der Waals surface area contributed by atoms with Crippen molar-refractivity contribution >= 4 is 28.1 Å². The van der Waals surface area contributed by atoms with Crippen molar-refractivity contribution in [3.05, 3.63) is 81.7 Å². The Hall–Kier alpha value is -3.77. The van der Waals surface area contributed by atoms with E-state index in [0.717, 1.165) is 48.1 Å². The molecule has 1 amide bonds. The molecule has 42 heavy (non-hydrogen) atoms. The zero-order valence-electron chi connectivity index (χ0n) is 22.9. The second kappa shape index (κ2) is 12.6. The number of fused-ring (bicyclic) bond motifs is 1. The molecular formula is C30H32F4N4O4. The van der Waals surface area contributed by atoms with Gasteiger partial charge in [-0.3, -0.25) is 19.8 Å². The standard InChI is InChI=1S/C30H32F4N4O4/c31-23-4-3-21-15-20(1-2-22(21)16-23)18-36-11-13-37(14-12-36)29(39)19-42-26-8-5-24(6-9-26)35-25-7-10-28(38(40)41)27(17-25)30(32,33)34/h1-4,7,10,15-17,24,26,35H,5-6,8-9,11-14,18-19H2. The van der Waals surface area contributed by atoms with Gasteiger partial charge >= 0.3 is 6.18 Å². The van der Waals surface area contributed by atoms with Gasteiger partial charge in [0.05, 0.1) is 11.0 Å². The lowest BCUT2D eigenvalue weighted by atomic mass is 9.92. The van der Waals surface area contributed by atoms with Crippen LogP contribution in [0.25, 0.3) is 10.8 Å². The number of halogens is 4. The third-order valence-corrected chi connectivity index (χ3v) is 7.98. The van der Waals surface area contributed by atoms with Crippen molar-refractivity contribution in [3.63, 3.8) is 0 Å². The van der Waals surface area contributed by atoms with E-state index < -0.39 is 22.4 Å². The summed E-state index contributed by atoms with van der Waals surface area (Å²) >= 11 is 0. The number of piperazine rings is 1. The van der Waals surface area contributed by atoms with Crippen molar-refractivity contribution in [2.75, 3.05) is 38.1 Å². The van der Waals surface area contributed by atoms with Crippen LogP contribution in [-0.4, -0.2) is 65.6 Å². The van der Waals surface area contributed by atoms with Gasteiger partial charge in [0.1, 0.15) is 18.0 Å². The molecule has 0 bridgehead atoms. The van der Waals surface area contributed by atoms with Gasteiger partial charge in [0.15, 0.2) is 0 Å². The first-order valence-corrected chi connectivity index (χ1v) is 14.0. The van der Waals surface area contributed by atoms with E-state index in [0.29, 0.717) is 38.8 Å². The van der Waals surface area contributed by atoms with Crippen LogP contribution in [-0.2, 0) is 22.3 Å². The number of rotatable bonds is 8. The van der Waals surface area contributed by atoms with E-state index in [9.17, 15) is 32.5 Å². The fraction of sp³-hybridized carbons (Fsp3) is 0.433. The quantitative estimate of drug-likeness (QED) is 0.198. The lowest BCUT2D eigenvalue weighted by molar-refractivity contribution is -0.388. The lowest BCUT2D eigenvalue weighted by Crippen LogP contribution is -2.49. The molecule has 1 aliphatic carbocycles. The summed E-state index contributed by atoms with van der Waals surface area (Å²) in [5.41, 5.74) is -0.931. The van der Waals surface area contributed by atoms with Gasteiger partial charge in [-0.15, -0.1) is 0 Å². The molecular weight excluding hydrogens is 556 g/mol. The van der Waals surface area contributed by atoms with Crippen molar-refractivity contribution < 1.29 is 32.0 Å². The van der Waals surface area contributed by atoms with Crippen molar-refractivity contribution in [1.82, 2.24) is 9.80 Å². The molecule has 8 nitrogen and oxygen atoms in total. The van der Waals surface area contributed by atoms with E-state index in [2.05, 4.69) is 16.3 Å². The second-order valence-electron chi connectivity index (χ2n) is 10.9. The van der Waals surface area contributed by atoms with Crippen molar-refractivity contribution in [3.8, 4) is 0 Å². The Bertz CT molecular complexity index is 1430. The number of anilines is 1. The molecule has 3 aromatic rings. The van der Waals surface area contributed by atoms with Gasteiger partial charge in [-0.25, -0.2) is 4.39 Å². The number of ether oxygens (including phenoxy) is 1. The zero-order valence-corrected chi connectivity index (χ0v) is 22.9. The molecule has 1 N–H and O–H groups in total. The van der Waals surface area contributed by atoms with Crippen LogP contribution in [0.3, 0.4) is 0 Å². The van der Waals surface area contributed by atoms with Crippen LogP contribution in [0.2, 0.25) is 0 Å². The van der Waals surface area contributed by atoms with Gasteiger partial charge in [0.25, 0.3) is 5.69 Å². The highest BCUT2D eigenvalue weighted by Gasteiger charge is 2.38. The Morgan fingerprint density at radius 1 is 0.952 bits per heavy atom. The van der Waals surface area contributed by atoms with E-state index in [-0.39, 0.29) is 36.2 Å². The number of alkyl halides is 3. The third kappa shape index (κ3) is 7.35. The molecule has 1 aliphatic heterocycles. The molecule has 2 aliphatic rings. The smallest absolute Gasteiger partial charge is 0.382 e. The molecule has 1 saturated carbocycles. The highest BCUT2D eigenvalue weighted by Crippen LogP contribution is 2.38. The molecule has 0 aromatic heterocycles. The van der Waals surface area contributed by atoms with Crippen molar-refractivity contribution in [2.24, 2.45) is 0 Å². The molecule has 1 saturated heterocycles. The minimum Gasteiger partial charge on any atom is -0.382 e. The van der Waals surface area contributed by atoms with Crippen LogP contribution in [0.1, 0.15) is 36.8 Å². The number of hydrogen-bond acceptors (Lipinski definition) is 6. The number of amides is 1. The largest absolute Gasteiger partial charge is 0.423 e. The zero-order chi connectivity index (χ0) is 29.9. The summed E-state index contributed by atoms with van der Waals surface area (Å²) in [6, 6.07) is 13.6. The number of nitro groups is 1. The Balaban J connectivity index is 1.03. The molecule has 224 valence electrons. The first-order chi connectivity index (χ1) is 20.0. The molecule has 3 aromatic carbocycles. The number of nitrogens with zero attached hydrogens (tertiary/aromatic N) is 3. The SMILES string of the molecule is O=C(COC1CCC(Nc2ccc([N+](=O)[O-])c(C(F)(F)F)c2)CC1)N1CCN(Cc2ccc3cc(F)ccc3c2)CC1. The van der Waals surface area contributed by atoms with Gasteiger partial charge < -0.3 is 15.0 Å². The summed E-state index contributed by atoms with van der Waals surface area (Å²) in [6.45, 7) is 3.42. The predicted molar refractivity (Wildman–Crippen MR) is 149 cm³/mol. The fourth-order valence-electron chi connectivity index (χ4n) is 5.68. The predicted octanol–water partition coefficient (Wildman–Crippen LogP) is 5.99. The minimum absolute atomic E-state index is 0.0126. The van der Waals surface area contributed by atoms with Gasteiger partial charge in [-0.2, -0.15) is 13.2 Å². The third-order valence-electron chi connectivity index (χ3n) is 7.98. The average Bonchev–Trinajstić information content (AvgIpc) is 2.96. The highest BCUT2D eigenvalue weighted by atomic mass is 19.4. The van der Waals surface area contributed by atoms with Crippen molar-refractivity contribution in [2.45, 2.75) is 50.6 Å². The summed E-state index contributed by atoms with van der Waals surface area (Å²) in [5.74, 6) is -0.316. The normalized spacial score (nSPS) is 20.0. The Morgan fingerprint density at radius 3 is 2.33 bits per heavy atom. The summed E-state index contributed by atoms with van der Waals surface area (Å²) in [7, 11) is 0. The van der Waals surface area contributed by atoms with E-state index >= 15 is 0 Å². The van der Waals surface area contributed by atoms with Crippen LogP contribution in [0, 0.1) is 15.9 Å². The van der Waals surface area contributed by atoms with E-state index in [1.54, 1.807) is 11.0 Å². The Labute approximate surface area is 240 Å². The molecule has 1 heterocycles. The number of hydrogen-bond donors (Lipinski definition) is 1. The highest BCUT2D eigenvalue weighted by molar-refractivity contribution is 5.83. The first-order valence-electron chi connectivity index (χ1n) is 14.0. The van der Waals surface area contributed by atoms with E-state index in [1.807, 2.05) is 12.1 Å². The number of nitrogens with one attached hydrogen (secondary N) is 1. The van der Waals surface area contributed by atoms with Gasteiger partial charge in [-0.1, -0.05) is 18.2 Å². The fourth-order valence-corrected chi connectivity index (χ4v) is 5.68. The topological polar surface area (TPSA) is 87.9 Å². The molecule has 0 radical (unpaired) electrons. The molecule has 2 fully saturated rings. The molecule has 0 atom stereocenters. The summed E-state index contributed by atoms with van der Waals surface area (Å²) in [5, 5.41) is 15.9. The number of carbonyl (C=O) groups is 1. The van der Waals surface area contributed by atoms with Crippen LogP contribution in [0.4, 0.5) is 28.9 Å². The molecule has 12 heteroatoms. The van der Waals surface area contributed by atoms with Crippen LogP contribution in [0.15, 0.2) is 54.6 Å². The molecule has 0 spiro atoms. The second-order valence-corrected chi connectivity index (χ2v) is 10.9. The Morgan fingerprint density at radius 2 is 1.64 bits per heavy atom. The number of benzene rings is 3. The Kier molecular flexibility index (Phi) is 8.93. The lowest BCUT2D eigenvalue weighted by Gasteiger charge is -2.35. The minimum atomic E-state index is -4.83. The van der Waals surface area contributed by atoms with Gasteiger partial charge in [0, 0.05) is 50.5 Å².